The van der Waals surface area contributed by atoms with Crippen LogP contribution in [0.1, 0.15) is 42.9 Å². The van der Waals surface area contributed by atoms with Gasteiger partial charge in [0.25, 0.3) is 0 Å². The highest BCUT2D eigenvalue weighted by molar-refractivity contribution is 14.0. The molecule has 1 heterocycles. The lowest BCUT2D eigenvalue weighted by Crippen LogP contribution is -2.44. The van der Waals surface area contributed by atoms with Gasteiger partial charge in [-0.1, -0.05) is 30.3 Å². The maximum absolute atomic E-state index is 4.46. The number of aliphatic imine (C=N–C) groups is 1. The van der Waals surface area contributed by atoms with Crippen LogP contribution in [0.4, 0.5) is 5.95 Å². The molecule has 0 unspecified atom stereocenters. The average Bonchev–Trinajstić information content (AvgIpc) is 3.07. The fourth-order valence-electron chi connectivity index (χ4n) is 3.87. The van der Waals surface area contributed by atoms with Crippen LogP contribution in [0, 0.1) is 0 Å². The van der Waals surface area contributed by atoms with E-state index in [0.29, 0.717) is 18.5 Å². The van der Waals surface area contributed by atoms with Gasteiger partial charge in [0.1, 0.15) is 0 Å². The Hall–Kier alpha value is -1.77. The van der Waals surface area contributed by atoms with Crippen molar-refractivity contribution in [3.63, 3.8) is 0 Å². The quantitative estimate of drug-likeness (QED) is 0.378. The van der Waals surface area contributed by atoms with Crippen molar-refractivity contribution in [2.75, 3.05) is 26.0 Å². The minimum absolute atomic E-state index is 0. The Kier molecular flexibility index (Phi) is 8.59. The Bertz CT molecular complexity index is 748. The third-order valence-electron chi connectivity index (χ3n) is 5.46. The molecule has 1 aromatic carbocycles. The molecule has 2 aromatic rings. The molecule has 1 saturated carbocycles. The molecule has 0 radical (unpaired) electrons. The van der Waals surface area contributed by atoms with Gasteiger partial charge in [-0.05, 0) is 37.2 Å². The van der Waals surface area contributed by atoms with E-state index >= 15 is 0 Å². The van der Waals surface area contributed by atoms with Gasteiger partial charge >= 0.3 is 0 Å². The zero-order chi connectivity index (χ0) is 19.2. The van der Waals surface area contributed by atoms with Gasteiger partial charge in [-0.15, -0.1) is 24.0 Å². The van der Waals surface area contributed by atoms with Crippen LogP contribution in [-0.4, -0.2) is 42.7 Å². The number of benzene rings is 1. The van der Waals surface area contributed by atoms with Crippen molar-refractivity contribution >= 4 is 35.9 Å². The maximum atomic E-state index is 4.46. The standard InChI is InChI=1S/C21H32N6.HI/c1-22-20(23-14-19-15-24-21(26(2)3)27(19)4)25-18-12-10-17(11-13-18)16-8-6-5-7-9-16;/h5-9,15,17-18H,10-14H2,1-4H3,(H2,22,23,25);1H. The van der Waals surface area contributed by atoms with Crippen molar-refractivity contribution in [3.05, 3.63) is 47.8 Å². The molecule has 0 spiro atoms. The molecule has 0 atom stereocenters. The molecule has 0 aliphatic heterocycles. The molecule has 1 aromatic heterocycles. The van der Waals surface area contributed by atoms with Gasteiger partial charge in [0.2, 0.25) is 5.95 Å². The number of halogens is 1. The number of nitrogens with zero attached hydrogens (tertiary/aromatic N) is 4. The highest BCUT2D eigenvalue weighted by Crippen LogP contribution is 2.32. The predicted octanol–water partition coefficient (Wildman–Crippen LogP) is 3.50. The van der Waals surface area contributed by atoms with E-state index in [-0.39, 0.29) is 24.0 Å². The van der Waals surface area contributed by atoms with Gasteiger partial charge in [0, 0.05) is 34.2 Å². The summed E-state index contributed by atoms with van der Waals surface area (Å²) in [5, 5.41) is 7.02. The van der Waals surface area contributed by atoms with Crippen LogP contribution in [0.25, 0.3) is 0 Å². The molecule has 0 saturated heterocycles. The summed E-state index contributed by atoms with van der Waals surface area (Å²) in [5.41, 5.74) is 2.61. The molecule has 28 heavy (non-hydrogen) atoms. The average molecular weight is 496 g/mol. The SMILES string of the molecule is CN=C(NCc1cnc(N(C)C)n1C)NC1CCC(c2ccccc2)CC1.I. The van der Waals surface area contributed by atoms with E-state index in [9.17, 15) is 0 Å². The minimum atomic E-state index is 0. The Morgan fingerprint density at radius 1 is 1.18 bits per heavy atom. The predicted molar refractivity (Wildman–Crippen MR) is 128 cm³/mol. The normalized spacial score (nSPS) is 19.6. The van der Waals surface area contributed by atoms with E-state index in [1.54, 1.807) is 0 Å². The van der Waals surface area contributed by atoms with Gasteiger partial charge in [-0.3, -0.25) is 4.99 Å². The van der Waals surface area contributed by atoms with Crippen LogP contribution in [0.3, 0.4) is 0 Å². The third kappa shape index (κ3) is 5.62. The molecular weight excluding hydrogens is 463 g/mol. The van der Waals surface area contributed by atoms with Gasteiger partial charge in [0.05, 0.1) is 18.4 Å². The molecule has 2 N–H and O–H groups in total. The number of hydrogen-bond acceptors (Lipinski definition) is 3. The first-order valence-electron chi connectivity index (χ1n) is 9.78. The zero-order valence-corrected chi connectivity index (χ0v) is 19.7. The highest BCUT2D eigenvalue weighted by Gasteiger charge is 2.22. The van der Waals surface area contributed by atoms with E-state index in [1.807, 2.05) is 39.3 Å². The summed E-state index contributed by atoms with van der Waals surface area (Å²) in [4.78, 5) is 10.9. The molecule has 6 nitrogen and oxygen atoms in total. The van der Waals surface area contributed by atoms with Gasteiger partial charge in [-0.25, -0.2) is 4.98 Å². The molecule has 0 bridgehead atoms. The summed E-state index contributed by atoms with van der Waals surface area (Å²) in [6, 6.07) is 11.4. The number of hydrogen-bond donors (Lipinski definition) is 2. The van der Waals surface area contributed by atoms with Crippen LogP contribution in [0.15, 0.2) is 41.5 Å². The monoisotopic (exact) mass is 496 g/mol. The van der Waals surface area contributed by atoms with Crippen molar-refractivity contribution in [2.45, 2.75) is 44.2 Å². The van der Waals surface area contributed by atoms with Gasteiger partial charge in [0.15, 0.2) is 5.96 Å². The molecule has 1 aliphatic rings. The molecular formula is C21H33IN6. The second-order valence-electron chi connectivity index (χ2n) is 7.53. The Morgan fingerprint density at radius 2 is 1.86 bits per heavy atom. The summed E-state index contributed by atoms with van der Waals surface area (Å²) < 4.78 is 2.10. The number of aromatic nitrogens is 2. The van der Waals surface area contributed by atoms with Crippen molar-refractivity contribution < 1.29 is 0 Å². The Balaban J connectivity index is 0.00000280. The smallest absolute Gasteiger partial charge is 0.204 e. The fraction of sp³-hybridized carbons (Fsp3) is 0.524. The van der Waals surface area contributed by atoms with E-state index in [2.05, 4.69) is 55.5 Å². The lowest BCUT2D eigenvalue weighted by atomic mass is 9.82. The maximum Gasteiger partial charge on any atom is 0.204 e. The van der Waals surface area contributed by atoms with E-state index < -0.39 is 0 Å². The number of guanidine groups is 1. The van der Waals surface area contributed by atoms with E-state index in [4.69, 9.17) is 0 Å². The molecule has 1 aliphatic carbocycles. The topological polar surface area (TPSA) is 57.5 Å². The third-order valence-corrected chi connectivity index (χ3v) is 5.46. The summed E-state index contributed by atoms with van der Waals surface area (Å²) >= 11 is 0. The van der Waals surface area contributed by atoms with E-state index in [0.717, 1.165) is 17.6 Å². The number of nitrogens with one attached hydrogen (secondary N) is 2. The van der Waals surface area contributed by atoms with Gasteiger partial charge < -0.3 is 20.1 Å². The van der Waals surface area contributed by atoms with E-state index in [1.165, 1.54) is 31.2 Å². The van der Waals surface area contributed by atoms with Crippen molar-refractivity contribution in [1.82, 2.24) is 20.2 Å². The molecule has 154 valence electrons. The molecule has 7 heteroatoms. The van der Waals surface area contributed by atoms with Crippen LogP contribution < -0.4 is 15.5 Å². The van der Waals surface area contributed by atoms with Crippen molar-refractivity contribution in [3.8, 4) is 0 Å². The zero-order valence-electron chi connectivity index (χ0n) is 17.4. The fourth-order valence-corrected chi connectivity index (χ4v) is 3.87. The second-order valence-corrected chi connectivity index (χ2v) is 7.53. The summed E-state index contributed by atoms with van der Waals surface area (Å²) in [6.07, 6.45) is 6.73. The number of anilines is 1. The Morgan fingerprint density at radius 3 is 2.43 bits per heavy atom. The first-order chi connectivity index (χ1) is 13.1. The molecule has 0 amide bonds. The lowest BCUT2D eigenvalue weighted by Gasteiger charge is -2.30. The molecule has 1 fully saturated rings. The first-order valence-corrected chi connectivity index (χ1v) is 9.78. The number of imidazole rings is 1. The van der Waals surface area contributed by atoms with Gasteiger partial charge in [-0.2, -0.15) is 0 Å². The first kappa shape index (κ1) is 22.5. The van der Waals surface area contributed by atoms with Crippen LogP contribution in [-0.2, 0) is 13.6 Å². The van der Waals surface area contributed by atoms with Crippen LogP contribution in [0.2, 0.25) is 0 Å². The van der Waals surface area contributed by atoms with Crippen LogP contribution in [0.5, 0.6) is 0 Å². The van der Waals surface area contributed by atoms with Crippen molar-refractivity contribution in [1.29, 1.82) is 0 Å². The minimum Gasteiger partial charge on any atom is -0.354 e. The lowest BCUT2D eigenvalue weighted by molar-refractivity contribution is 0.371. The molecule has 3 rings (SSSR count). The van der Waals surface area contributed by atoms with Crippen LogP contribution >= 0.6 is 24.0 Å². The largest absolute Gasteiger partial charge is 0.354 e. The highest BCUT2D eigenvalue weighted by atomic mass is 127. The summed E-state index contributed by atoms with van der Waals surface area (Å²) in [6.45, 7) is 0.705. The summed E-state index contributed by atoms with van der Waals surface area (Å²) in [7, 11) is 7.89. The number of rotatable bonds is 5. The Labute approximate surface area is 185 Å². The second kappa shape index (κ2) is 10.7. The summed E-state index contributed by atoms with van der Waals surface area (Å²) in [5.74, 6) is 2.51. The van der Waals surface area contributed by atoms with Crippen molar-refractivity contribution in [2.24, 2.45) is 12.0 Å².